The fourth-order valence-electron chi connectivity index (χ4n) is 4.59. The molecule has 1 aliphatic heterocycles. The van der Waals surface area contributed by atoms with Crippen molar-refractivity contribution in [1.82, 2.24) is 14.3 Å². The first-order valence-electron chi connectivity index (χ1n) is 12.2. The van der Waals surface area contributed by atoms with Gasteiger partial charge in [0.1, 0.15) is 29.6 Å². The van der Waals surface area contributed by atoms with Crippen molar-refractivity contribution in [2.24, 2.45) is 0 Å². The number of aromatic nitrogens is 3. The minimum atomic E-state index is -5.22. The highest BCUT2D eigenvalue weighted by atomic mass is 35.5. The molecule has 4 aromatic rings. The molecule has 0 aliphatic carbocycles. The van der Waals surface area contributed by atoms with Gasteiger partial charge in [-0.25, -0.2) is 14.0 Å². The van der Waals surface area contributed by atoms with Crippen molar-refractivity contribution in [1.29, 1.82) is 0 Å². The summed E-state index contributed by atoms with van der Waals surface area (Å²) < 4.78 is 55.2. The van der Waals surface area contributed by atoms with E-state index in [9.17, 15) is 31.9 Å². The van der Waals surface area contributed by atoms with Crippen LogP contribution in [0, 0.1) is 5.82 Å². The molecule has 16 heteroatoms. The van der Waals surface area contributed by atoms with Crippen LogP contribution in [0.2, 0.25) is 15.2 Å². The van der Waals surface area contributed by atoms with Crippen molar-refractivity contribution in [3.8, 4) is 0 Å². The second-order valence-corrected chi connectivity index (χ2v) is 10.5. The van der Waals surface area contributed by atoms with Crippen LogP contribution in [0.4, 0.5) is 23.4 Å². The largest absolute Gasteiger partial charge is 0.495 e. The number of halogens is 7. The van der Waals surface area contributed by atoms with E-state index >= 15 is 0 Å². The number of H-pyrrole nitrogens is 1. The Labute approximate surface area is 249 Å². The molecule has 1 saturated heterocycles. The second kappa shape index (κ2) is 11.5. The van der Waals surface area contributed by atoms with E-state index in [0.717, 1.165) is 12.3 Å². The molecule has 0 atom stereocenters. The molecule has 4 heterocycles. The fourth-order valence-corrected chi connectivity index (χ4v) is 5.19. The molecule has 1 N–H and O–H groups in total. The smallest absolute Gasteiger partial charge is 0.331 e. The molecular weight excluding hydrogens is 629 g/mol. The summed E-state index contributed by atoms with van der Waals surface area (Å²) in [5.74, 6) is -3.65. The summed E-state index contributed by atoms with van der Waals surface area (Å²) in [6.07, 6.45) is -2.57. The Bertz CT molecular complexity index is 1770. The van der Waals surface area contributed by atoms with Gasteiger partial charge in [-0.15, -0.1) is 0 Å². The quantitative estimate of drug-likeness (QED) is 0.261. The Morgan fingerprint density at radius 1 is 1.02 bits per heavy atom. The lowest BCUT2D eigenvalue weighted by molar-refractivity contribution is -0.860. The number of alkyl halides is 3. The SMILES string of the molecule is O=C(c1cc(Cc2c[nH]c(=O)c3cc(Cl)c(Cl)n23)ccc1F)N1CCN(c2ccc(Cl)c[n+]2OC(=O)C(F)(F)F)CC1. The van der Waals surface area contributed by atoms with Gasteiger partial charge in [0.05, 0.1) is 28.7 Å². The van der Waals surface area contributed by atoms with E-state index in [-0.39, 0.29) is 64.7 Å². The molecule has 0 radical (unpaired) electrons. The Kier molecular flexibility index (Phi) is 8.10. The molecule has 1 fully saturated rings. The van der Waals surface area contributed by atoms with E-state index < -0.39 is 29.4 Å². The average Bonchev–Trinajstić information content (AvgIpc) is 3.25. The van der Waals surface area contributed by atoms with Crippen LogP contribution in [0.5, 0.6) is 0 Å². The first-order valence-corrected chi connectivity index (χ1v) is 13.4. The Balaban J connectivity index is 1.32. The summed E-state index contributed by atoms with van der Waals surface area (Å²) in [6.45, 7) is 0.466. The van der Waals surface area contributed by atoms with E-state index in [1.807, 2.05) is 0 Å². The van der Waals surface area contributed by atoms with Crippen molar-refractivity contribution in [3.05, 3.63) is 97.0 Å². The maximum absolute atomic E-state index is 14.8. The summed E-state index contributed by atoms with van der Waals surface area (Å²) in [6, 6.07) is 8.29. The maximum Gasteiger partial charge on any atom is 0.495 e. The zero-order valence-electron chi connectivity index (χ0n) is 21.2. The van der Waals surface area contributed by atoms with Crippen LogP contribution >= 0.6 is 34.8 Å². The first kappa shape index (κ1) is 29.7. The number of piperazine rings is 1. The molecular formula is C26H19Cl3F4N5O4+. The normalized spacial score (nSPS) is 14.0. The molecule has 0 bridgehead atoms. The molecule has 0 spiro atoms. The van der Waals surface area contributed by atoms with Crippen LogP contribution in [0.25, 0.3) is 5.52 Å². The van der Waals surface area contributed by atoms with Gasteiger partial charge < -0.3 is 9.88 Å². The number of hydrogen-bond acceptors (Lipinski definition) is 5. The van der Waals surface area contributed by atoms with Crippen LogP contribution in [0.3, 0.4) is 0 Å². The molecule has 0 unspecified atom stereocenters. The minimum absolute atomic E-state index is 0.0302. The lowest BCUT2D eigenvalue weighted by atomic mass is 10.0. The second-order valence-electron chi connectivity index (χ2n) is 9.29. The Morgan fingerprint density at radius 3 is 2.43 bits per heavy atom. The molecule has 9 nitrogen and oxygen atoms in total. The Hall–Kier alpha value is -3.81. The van der Waals surface area contributed by atoms with Gasteiger partial charge >= 0.3 is 18.0 Å². The third-order valence-electron chi connectivity index (χ3n) is 6.60. The van der Waals surface area contributed by atoms with Crippen molar-refractivity contribution < 1.29 is 36.7 Å². The van der Waals surface area contributed by atoms with Crippen LogP contribution < -0.4 is 20.0 Å². The predicted molar refractivity (Wildman–Crippen MR) is 145 cm³/mol. The monoisotopic (exact) mass is 646 g/mol. The van der Waals surface area contributed by atoms with Gasteiger partial charge in [-0.05, 0) is 34.6 Å². The number of pyridine rings is 1. The number of nitrogens with one attached hydrogen (secondary N) is 1. The Morgan fingerprint density at radius 2 is 1.74 bits per heavy atom. The molecule has 1 aromatic carbocycles. The number of amides is 1. The molecule has 42 heavy (non-hydrogen) atoms. The molecule has 3 aromatic heterocycles. The number of anilines is 1. The topological polar surface area (TPSA) is 91.0 Å². The number of benzene rings is 1. The standard InChI is InChI=1S/C26H18Cl3F4N5O4/c27-15-2-4-21(37(13-15)42-25(41)26(31,32)33)35-5-7-36(8-6-35)24(40)17-10-14(1-3-19(17)30)9-16-12-34-23(39)20-11-18(28)22(29)38(16)20/h1-4,10-13H,5-9H2/p+1. The summed E-state index contributed by atoms with van der Waals surface area (Å²) in [5, 5.41) is 0.355. The first-order chi connectivity index (χ1) is 19.8. The van der Waals surface area contributed by atoms with Crippen molar-refractivity contribution in [3.63, 3.8) is 0 Å². The van der Waals surface area contributed by atoms with Gasteiger partial charge in [0.2, 0.25) is 0 Å². The highest BCUT2D eigenvalue weighted by Crippen LogP contribution is 2.27. The number of hydrogen-bond donors (Lipinski definition) is 1. The summed E-state index contributed by atoms with van der Waals surface area (Å²) >= 11 is 18.3. The van der Waals surface area contributed by atoms with Crippen LogP contribution in [-0.4, -0.2) is 58.5 Å². The minimum Gasteiger partial charge on any atom is -0.331 e. The number of nitrogens with zero attached hydrogens (tertiary/aromatic N) is 4. The number of carbonyl (C=O) groups excluding carboxylic acids is 2. The summed E-state index contributed by atoms with van der Waals surface area (Å²) in [5.41, 5.74) is 0.751. The van der Waals surface area contributed by atoms with Crippen molar-refractivity contribution in [2.45, 2.75) is 12.6 Å². The van der Waals surface area contributed by atoms with Crippen LogP contribution in [0.1, 0.15) is 21.6 Å². The van der Waals surface area contributed by atoms with Crippen LogP contribution in [-0.2, 0) is 11.2 Å². The zero-order chi connectivity index (χ0) is 30.3. The molecule has 220 valence electrons. The van der Waals surface area contributed by atoms with Gasteiger partial charge in [0.25, 0.3) is 11.5 Å². The van der Waals surface area contributed by atoms with E-state index in [0.29, 0.717) is 16.0 Å². The number of carbonyl (C=O) groups is 2. The van der Waals surface area contributed by atoms with E-state index in [1.165, 1.54) is 45.8 Å². The third-order valence-corrected chi connectivity index (χ3v) is 7.58. The lowest BCUT2D eigenvalue weighted by Crippen LogP contribution is -2.57. The summed E-state index contributed by atoms with van der Waals surface area (Å²) in [7, 11) is 0. The van der Waals surface area contributed by atoms with Gasteiger partial charge in [-0.3, -0.25) is 18.9 Å². The van der Waals surface area contributed by atoms with Crippen molar-refractivity contribution in [2.75, 3.05) is 31.1 Å². The van der Waals surface area contributed by atoms with Crippen LogP contribution in [0.15, 0.2) is 53.6 Å². The fraction of sp³-hybridized carbons (Fsp3) is 0.231. The number of fused-ring (bicyclic) bond motifs is 1. The van der Waals surface area contributed by atoms with Gasteiger partial charge in [-0.1, -0.05) is 40.9 Å². The van der Waals surface area contributed by atoms with E-state index in [4.69, 9.17) is 34.8 Å². The van der Waals surface area contributed by atoms with Gasteiger partial charge in [0, 0.05) is 24.4 Å². The molecule has 1 amide bonds. The number of aromatic amines is 1. The highest BCUT2D eigenvalue weighted by Gasteiger charge is 2.44. The average molecular weight is 648 g/mol. The number of rotatable bonds is 5. The zero-order valence-corrected chi connectivity index (χ0v) is 23.5. The molecule has 0 saturated carbocycles. The summed E-state index contributed by atoms with van der Waals surface area (Å²) in [4.78, 5) is 47.0. The van der Waals surface area contributed by atoms with E-state index in [2.05, 4.69) is 9.82 Å². The maximum atomic E-state index is 14.8. The highest BCUT2D eigenvalue weighted by molar-refractivity contribution is 6.42. The predicted octanol–water partition coefficient (Wildman–Crippen LogP) is 4.09. The third kappa shape index (κ3) is 5.90. The van der Waals surface area contributed by atoms with Gasteiger partial charge in [-0.2, -0.15) is 13.2 Å². The lowest BCUT2D eigenvalue weighted by Gasteiger charge is -2.31. The molecule has 1 aliphatic rings. The molecule has 5 rings (SSSR count). The van der Waals surface area contributed by atoms with Gasteiger partial charge in [0.15, 0.2) is 6.20 Å². The van der Waals surface area contributed by atoms with Crippen molar-refractivity contribution >= 4 is 58.0 Å². The van der Waals surface area contributed by atoms with E-state index in [1.54, 1.807) is 4.90 Å².